The van der Waals surface area contributed by atoms with Crippen molar-refractivity contribution >= 4 is 32.6 Å². The molecule has 7 aromatic rings. The van der Waals surface area contributed by atoms with Crippen molar-refractivity contribution in [3.8, 4) is 33.8 Å². The molecule has 7 rings (SSSR count). The van der Waals surface area contributed by atoms with Crippen LogP contribution in [0.5, 0.6) is 0 Å². The van der Waals surface area contributed by atoms with E-state index in [1.807, 2.05) is 24.3 Å². The fourth-order valence-electron chi connectivity index (χ4n) is 4.86. The summed E-state index contributed by atoms with van der Waals surface area (Å²) in [6.07, 6.45) is 1.80. The zero-order valence-corrected chi connectivity index (χ0v) is 19.5. The van der Waals surface area contributed by atoms with Crippen LogP contribution in [0.15, 0.2) is 128 Å². The maximum Gasteiger partial charge on any atom is 0.0893 e. The van der Waals surface area contributed by atoms with Crippen LogP contribution in [0.4, 0.5) is 0 Å². The highest BCUT2D eigenvalue weighted by Crippen LogP contribution is 2.31. The van der Waals surface area contributed by atoms with Gasteiger partial charge >= 0.3 is 0 Å². The van der Waals surface area contributed by atoms with Crippen molar-refractivity contribution in [3.05, 3.63) is 128 Å². The Labute approximate surface area is 208 Å². The molecule has 0 aliphatic rings. The van der Waals surface area contributed by atoms with Crippen LogP contribution < -0.4 is 0 Å². The van der Waals surface area contributed by atoms with Crippen molar-refractivity contribution < 1.29 is 0 Å². The summed E-state index contributed by atoms with van der Waals surface area (Å²) in [5, 5.41) is 4.67. The molecule has 0 atom stereocenters. The van der Waals surface area contributed by atoms with Crippen molar-refractivity contribution in [1.82, 2.24) is 15.0 Å². The first-order valence-corrected chi connectivity index (χ1v) is 12.0. The molecule has 3 aromatic heterocycles. The van der Waals surface area contributed by atoms with Gasteiger partial charge in [0.1, 0.15) is 0 Å². The van der Waals surface area contributed by atoms with E-state index in [2.05, 4.69) is 102 Å². The molecule has 3 nitrogen and oxygen atoms in total. The van der Waals surface area contributed by atoms with Gasteiger partial charge in [0.05, 0.1) is 28.1 Å². The number of hydrogen-bond donors (Lipinski definition) is 0. The lowest BCUT2D eigenvalue weighted by Gasteiger charge is -2.09. The first-order valence-electron chi connectivity index (χ1n) is 12.0. The van der Waals surface area contributed by atoms with Crippen LogP contribution in [-0.4, -0.2) is 15.0 Å². The summed E-state index contributed by atoms with van der Waals surface area (Å²) in [5.74, 6) is 0. The van der Waals surface area contributed by atoms with Gasteiger partial charge in [0.15, 0.2) is 0 Å². The SMILES string of the molecule is c1ccc(-c2ccc3ccc(-c4ccc5nc(-c6cccc7ccccc67)ccc5c4)cc3n2)nc1. The van der Waals surface area contributed by atoms with Crippen molar-refractivity contribution in [3.63, 3.8) is 0 Å². The second-order valence-electron chi connectivity index (χ2n) is 8.95. The van der Waals surface area contributed by atoms with Crippen LogP contribution in [0.2, 0.25) is 0 Å². The topological polar surface area (TPSA) is 38.7 Å². The second-order valence-corrected chi connectivity index (χ2v) is 8.95. The maximum atomic E-state index is 5.01. The Morgan fingerprint density at radius 2 is 1.17 bits per heavy atom. The Morgan fingerprint density at radius 3 is 2.11 bits per heavy atom. The van der Waals surface area contributed by atoms with E-state index in [9.17, 15) is 0 Å². The van der Waals surface area contributed by atoms with E-state index in [1.54, 1.807) is 6.20 Å². The third-order valence-electron chi connectivity index (χ3n) is 6.71. The molecule has 0 aliphatic carbocycles. The first-order chi connectivity index (χ1) is 17.8. The highest BCUT2D eigenvalue weighted by atomic mass is 14.8. The molecule has 0 N–H and O–H groups in total. The minimum atomic E-state index is 0.878. The number of nitrogens with zero attached hydrogens (tertiary/aromatic N) is 3. The normalized spacial score (nSPS) is 11.3. The van der Waals surface area contributed by atoms with E-state index in [0.29, 0.717) is 0 Å². The van der Waals surface area contributed by atoms with Gasteiger partial charge in [0, 0.05) is 22.5 Å². The van der Waals surface area contributed by atoms with E-state index in [1.165, 1.54) is 10.8 Å². The standard InChI is InChI=1S/C33H21N3/c1-2-8-27-22(6-1)7-5-9-28(27)30-17-15-26-20-24(14-16-29(26)35-30)25-12-11-23-13-18-32(36-33(23)21-25)31-10-3-4-19-34-31/h1-21H. The van der Waals surface area contributed by atoms with Crippen LogP contribution in [0.3, 0.4) is 0 Å². The molecule has 0 fully saturated rings. The van der Waals surface area contributed by atoms with Crippen molar-refractivity contribution in [2.45, 2.75) is 0 Å². The molecule has 36 heavy (non-hydrogen) atoms. The van der Waals surface area contributed by atoms with Crippen LogP contribution in [0, 0.1) is 0 Å². The fraction of sp³-hybridized carbons (Fsp3) is 0. The Kier molecular flexibility index (Phi) is 4.78. The van der Waals surface area contributed by atoms with Crippen LogP contribution in [0.25, 0.3) is 66.4 Å². The summed E-state index contributed by atoms with van der Waals surface area (Å²) in [4.78, 5) is 14.3. The van der Waals surface area contributed by atoms with Gasteiger partial charge in [-0.25, -0.2) is 9.97 Å². The predicted octanol–water partition coefficient (Wildman–Crippen LogP) is 8.33. The van der Waals surface area contributed by atoms with Crippen molar-refractivity contribution in [2.24, 2.45) is 0 Å². The lowest BCUT2D eigenvalue weighted by atomic mass is 9.99. The molecule has 168 valence electrons. The third-order valence-corrected chi connectivity index (χ3v) is 6.71. The minimum absolute atomic E-state index is 0.878. The summed E-state index contributed by atoms with van der Waals surface area (Å²) in [7, 11) is 0. The highest BCUT2D eigenvalue weighted by molar-refractivity contribution is 5.97. The van der Waals surface area contributed by atoms with E-state index >= 15 is 0 Å². The zero-order valence-electron chi connectivity index (χ0n) is 19.5. The van der Waals surface area contributed by atoms with Gasteiger partial charge in [-0.2, -0.15) is 0 Å². The van der Waals surface area contributed by atoms with Gasteiger partial charge in [0.2, 0.25) is 0 Å². The Morgan fingerprint density at radius 1 is 0.417 bits per heavy atom. The van der Waals surface area contributed by atoms with Crippen molar-refractivity contribution in [1.29, 1.82) is 0 Å². The molecule has 0 saturated heterocycles. The number of aromatic nitrogens is 3. The summed E-state index contributed by atoms with van der Waals surface area (Å²) in [5.41, 5.74) is 8.13. The molecule has 0 aliphatic heterocycles. The Balaban J connectivity index is 1.28. The molecular formula is C33H21N3. The van der Waals surface area contributed by atoms with E-state index < -0.39 is 0 Å². The lowest BCUT2D eigenvalue weighted by Crippen LogP contribution is -1.89. The highest BCUT2D eigenvalue weighted by Gasteiger charge is 2.08. The number of benzene rings is 4. The van der Waals surface area contributed by atoms with E-state index in [0.717, 1.165) is 55.6 Å². The lowest BCUT2D eigenvalue weighted by molar-refractivity contribution is 1.28. The summed E-state index contributed by atoms with van der Waals surface area (Å²) in [6.45, 7) is 0. The molecule has 4 aromatic carbocycles. The maximum absolute atomic E-state index is 5.01. The van der Waals surface area contributed by atoms with Gasteiger partial charge in [0.25, 0.3) is 0 Å². The zero-order chi connectivity index (χ0) is 23.9. The van der Waals surface area contributed by atoms with Crippen LogP contribution in [0.1, 0.15) is 0 Å². The van der Waals surface area contributed by atoms with Gasteiger partial charge in [-0.1, -0.05) is 78.9 Å². The molecule has 0 spiro atoms. The van der Waals surface area contributed by atoms with Gasteiger partial charge in [-0.05, 0) is 64.4 Å². The summed E-state index contributed by atoms with van der Waals surface area (Å²) >= 11 is 0. The minimum Gasteiger partial charge on any atom is -0.255 e. The largest absolute Gasteiger partial charge is 0.255 e. The van der Waals surface area contributed by atoms with Crippen LogP contribution in [-0.2, 0) is 0 Å². The number of pyridine rings is 3. The van der Waals surface area contributed by atoms with Gasteiger partial charge < -0.3 is 0 Å². The molecule has 0 saturated carbocycles. The third kappa shape index (κ3) is 3.58. The molecule has 0 radical (unpaired) electrons. The van der Waals surface area contributed by atoms with Gasteiger partial charge in [-0.3, -0.25) is 4.98 Å². The first kappa shape index (κ1) is 20.5. The fourth-order valence-corrected chi connectivity index (χ4v) is 4.86. The number of hydrogen-bond acceptors (Lipinski definition) is 3. The van der Waals surface area contributed by atoms with E-state index in [-0.39, 0.29) is 0 Å². The van der Waals surface area contributed by atoms with Gasteiger partial charge in [-0.15, -0.1) is 0 Å². The second kappa shape index (κ2) is 8.40. The monoisotopic (exact) mass is 459 g/mol. The number of fused-ring (bicyclic) bond motifs is 3. The average Bonchev–Trinajstić information content (AvgIpc) is 2.96. The average molecular weight is 460 g/mol. The Hall–Kier alpha value is -4.89. The van der Waals surface area contributed by atoms with E-state index in [4.69, 9.17) is 9.97 Å². The molecule has 3 heterocycles. The smallest absolute Gasteiger partial charge is 0.0893 e. The summed E-state index contributed by atoms with van der Waals surface area (Å²) < 4.78 is 0. The predicted molar refractivity (Wildman–Crippen MR) is 149 cm³/mol. The molecule has 0 unspecified atom stereocenters. The number of rotatable bonds is 3. The Bertz CT molecular complexity index is 1890. The summed E-state index contributed by atoms with van der Waals surface area (Å²) in [6, 6.07) is 42.1. The molecular weight excluding hydrogens is 438 g/mol. The molecule has 3 heteroatoms. The van der Waals surface area contributed by atoms with Crippen molar-refractivity contribution in [2.75, 3.05) is 0 Å². The van der Waals surface area contributed by atoms with Crippen LogP contribution >= 0.6 is 0 Å². The quantitative estimate of drug-likeness (QED) is 0.267. The molecule has 0 bridgehead atoms. The molecule has 0 amide bonds.